The van der Waals surface area contributed by atoms with Gasteiger partial charge in [0.25, 0.3) is 5.91 Å². The fourth-order valence-corrected chi connectivity index (χ4v) is 2.21. The Morgan fingerprint density at radius 3 is 2.58 bits per heavy atom. The van der Waals surface area contributed by atoms with Crippen molar-refractivity contribution in [1.29, 1.82) is 0 Å². The number of aldehydes is 1. The molecule has 1 amide bonds. The molecular weight excluding hydrogens is 340 g/mol. The van der Waals surface area contributed by atoms with Crippen molar-refractivity contribution in [3.63, 3.8) is 0 Å². The molecule has 0 heterocycles. The van der Waals surface area contributed by atoms with Gasteiger partial charge in [-0.05, 0) is 36.2 Å². The van der Waals surface area contributed by atoms with E-state index >= 15 is 0 Å². The Morgan fingerprint density at radius 1 is 1.23 bits per heavy atom. The Bertz CT molecular complexity index is 789. The highest BCUT2D eigenvalue weighted by Crippen LogP contribution is 2.27. The second-order valence-electron chi connectivity index (χ2n) is 5.34. The zero-order chi connectivity index (χ0) is 18.9. The molecule has 0 atom stereocenters. The molecule has 2 aromatic carbocycles. The minimum Gasteiger partial charge on any atom is -0.497 e. The van der Waals surface area contributed by atoms with Crippen molar-refractivity contribution in [3.05, 3.63) is 63.7 Å². The van der Waals surface area contributed by atoms with Crippen LogP contribution in [-0.4, -0.2) is 37.4 Å². The molecule has 0 unspecified atom stereocenters. The number of benzene rings is 2. The molecule has 8 heteroatoms. The van der Waals surface area contributed by atoms with Crippen molar-refractivity contribution in [2.24, 2.45) is 0 Å². The summed E-state index contributed by atoms with van der Waals surface area (Å²) in [6, 6.07) is 11.3. The van der Waals surface area contributed by atoms with E-state index in [1.807, 2.05) is 24.3 Å². The largest absolute Gasteiger partial charge is 0.497 e. The van der Waals surface area contributed by atoms with Crippen LogP contribution >= 0.6 is 0 Å². The van der Waals surface area contributed by atoms with Gasteiger partial charge in [-0.2, -0.15) is 0 Å². The molecule has 0 aliphatic carbocycles. The third kappa shape index (κ3) is 5.30. The van der Waals surface area contributed by atoms with E-state index in [2.05, 4.69) is 5.32 Å². The Labute approximate surface area is 149 Å². The summed E-state index contributed by atoms with van der Waals surface area (Å²) in [5, 5.41) is 13.7. The Kier molecular flexibility index (Phi) is 6.67. The first-order chi connectivity index (χ1) is 12.5. The summed E-state index contributed by atoms with van der Waals surface area (Å²) in [7, 11) is 1.59. The number of nitrogens with one attached hydrogen (secondary N) is 1. The highest BCUT2D eigenvalue weighted by atomic mass is 16.6. The maximum Gasteiger partial charge on any atom is 0.311 e. The summed E-state index contributed by atoms with van der Waals surface area (Å²) in [6.07, 6.45) is 1.13. The average Bonchev–Trinajstić information content (AvgIpc) is 2.66. The monoisotopic (exact) mass is 358 g/mol. The lowest BCUT2D eigenvalue weighted by atomic mass is 10.1. The quantitative estimate of drug-likeness (QED) is 0.418. The average molecular weight is 358 g/mol. The lowest BCUT2D eigenvalue weighted by Crippen LogP contribution is -2.30. The number of methoxy groups -OCH3 is 1. The molecule has 0 saturated heterocycles. The normalized spacial score (nSPS) is 10.0. The molecule has 26 heavy (non-hydrogen) atoms. The molecule has 2 aromatic rings. The number of hydrogen-bond donors (Lipinski definition) is 1. The van der Waals surface area contributed by atoms with E-state index in [1.165, 1.54) is 12.1 Å². The molecule has 0 radical (unpaired) electrons. The zero-order valence-electron chi connectivity index (χ0n) is 14.1. The minimum atomic E-state index is -0.663. The molecule has 0 saturated carbocycles. The van der Waals surface area contributed by atoms with Crippen molar-refractivity contribution in [1.82, 2.24) is 5.32 Å². The number of nitro benzene ring substituents is 1. The van der Waals surface area contributed by atoms with E-state index in [1.54, 1.807) is 7.11 Å². The molecule has 0 aliphatic heterocycles. The van der Waals surface area contributed by atoms with Crippen LogP contribution in [0, 0.1) is 10.1 Å². The standard InChI is InChI=1S/C18H18N2O6/c1-25-15-5-2-13(3-6-15)8-9-19-18(22)12-26-17-7-4-14(11-21)10-16(17)20(23)24/h2-7,10-11H,8-9,12H2,1H3,(H,19,22). The molecule has 0 aromatic heterocycles. The van der Waals surface area contributed by atoms with Gasteiger partial charge in [0.05, 0.1) is 12.0 Å². The van der Waals surface area contributed by atoms with Crippen LogP contribution in [0.25, 0.3) is 0 Å². The number of amides is 1. The lowest BCUT2D eigenvalue weighted by Gasteiger charge is -2.08. The van der Waals surface area contributed by atoms with Crippen molar-refractivity contribution >= 4 is 17.9 Å². The first-order valence-corrected chi connectivity index (χ1v) is 7.79. The number of nitrogens with zero attached hydrogens (tertiary/aromatic N) is 1. The van der Waals surface area contributed by atoms with Crippen molar-refractivity contribution in [2.45, 2.75) is 6.42 Å². The van der Waals surface area contributed by atoms with Crippen LogP contribution in [0.2, 0.25) is 0 Å². The van der Waals surface area contributed by atoms with Gasteiger partial charge in [0.1, 0.15) is 12.0 Å². The van der Waals surface area contributed by atoms with E-state index in [0.717, 1.165) is 17.4 Å². The third-order valence-electron chi connectivity index (χ3n) is 3.57. The topological polar surface area (TPSA) is 108 Å². The highest BCUT2D eigenvalue weighted by molar-refractivity contribution is 5.79. The summed E-state index contributed by atoms with van der Waals surface area (Å²) in [4.78, 5) is 32.9. The van der Waals surface area contributed by atoms with Gasteiger partial charge < -0.3 is 14.8 Å². The van der Waals surface area contributed by atoms with Gasteiger partial charge in [0.15, 0.2) is 12.4 Å². The summed E-state index contributed by atoms with van der Waals surface area (Å²) in [5.41, 5.74) is 0.834. The molecule has 2 rings (SSSR count). The third-order valence-corrected chi connectivity index (χ3v) is 3.57. The van der Waals surface area contributed by atoms with Gasteiger partial charge in [0, 0.05) is 18.2 Å². The van der Waals surface area contributed by atoms with Gasteiger partial charge in [-0.3, -0.25) is 19.7 Å². The predicted octanol–water partition coefficient (Wildman–Crippen LogP) is 2.15. The van der Waals surface area contributed by atoms with E-state index in [0.29, 0.717) is 19.3 Å². The summed E-state index contributed by atoms with van der Waals surface area (Å²) in [6.45, 7) is 0.0462. The van der Waals surface area contributed by atoms with Gasteiger partial charge in [-0.15, -0.1) is 0 Å². The Hall–Kier alpha value is -3.42. The first-order valence-electron chi connectivity index (χ1n) is 7.79. The molecular formula is C18H18N2O6. The number of rotatable bonds is 9. The van der Waals surface area contributed by atoms with E-state index in [-0.39, 0.29) is 23.6 Å². The number of hydrogen-bond acceptors (Lipinski definition) is 6. The van der Waals surface area contributed by atoms with Crippen LogP contribution in [0.15, 0.2) is 42.5 Å². The first kappa shape index (κ1) is 18.9. The molecule has 0 spiro atoms. The van der Waals surface area contributed by atoms with Crippen molar-refractivity contribution < 1.29 is 24.0 Å². The molecule has 0 fully saturated rings. The van der Waals surface area contributed by atoms with Gasteiger partial charge >= 0.3 is 5.69 Å². The number of ether oxygens (including phenoxy) is 2. The van der Waals surface area contributed by atoms with Crippen LogP contribution < -0.4 is 14.8 Å². The zero-order valence-corrected chi connectivity index (χ0v) is 14.1. The number of carbonyl (C=O) groups is 2. The minimum absolute atomic E-state index is 0.0640. The van der Waals surface area contributed by atoms with Crippen LogP contribution in [0.1, 0.15) is 15.9 Å². The van der Waals surface area contributed by atoms with Crippen molar-refractivity contribution in [3.8, 4) is 11.5 Å². The lowest BCUT2D eigenvalue weighted by molar-refractivity contribution is -0.385. The van der Waals surface area contributed by atoms with Gasteiger partial charge in [-0.1, -0.05) is 12.1 Å². The number of nitro groups is 1. The fourth-order valence-electron chi connectivity index (χ4n) is 2.21. The molecule has 0 aliphatic rings. The van der Waals surface area contributed by atoms with Crippen LogP contribution in [-0.2, 0) is 11.2 Å². The molecule has 136 valence electrons. The fraction of sp³-hybridized carbons (Fsp3) is 0.222. The van der Waals surface area contributed by atoms with Crippen LogP contribution in [0.5, 0.6) is 11.5 Å². The van der Waals surface area contributed by atoms with Crippen LogP contribution in [0.4, 0.5) is 5.69 Å². The maximum absolute atomic E-state index is 11.8. The SMILES string of the molecule is COc1ccc(CCNC(=O)COc2ccc(C=O)cc2[N+](=O)[O-])cc1. The summed E-state index contributed by atoms with van der Waals surface area (Å²) < 4.78 is 10.3. The number of carbonyl (C=O) groups excluding carboxylic acids is 2. The second-order valence-corrected chi connectivity index (χ2v) is 5.34. The molecule has 8 nitrogen and oxygen atoms in total. The highest BCUT2D eigenvalue weighted by Gasteiger charge is 2.17. The van der Waals surface area contributed by atoms with Crippen LogP contribution in [0.3, 0.4) is 0 Å². The second kappa shape index (κ2) is 9.16. The van der Waals surface area contributed by atoms with E-state index < -0.39 is 10.8 Å². The Morgan fingerprint density at radius 2 is 1.96 bits per heavy atom. The van der Waals surface area contributed by atoms with E-state index in [4.69, 9.17) is 9.47 Å². The summed E-state index contributed by atoms with van der Waals surface area (Å²) >= 11 is 0. The summed E-state index contributed by atoms with van der Waals surface area (Å²) in [5.74, 6) is 0.298. The molecule has 0 bridgehead atoms. The van der Waals surface area contributed by atoms with Crippen molar-refractivity contribution in [2.75, 3.05) is 20.3 Å². The van der Waals surface area contributed by atoms with Gasteiger partial charge in [-0.25, -0.2) is 0 Å². The maximum atomic E-state index is 11.8. The molecule has 1 N–H and O–H groups in total. The smallest absolute Gasteiger partial charge is 0.311 e. The van der Waals surface area contributed by atoms with E-state index in [9.17, 15) is 19.7 Å². The van der Waals surface area contributed by atoms with Gasteiger partial charge in [0.2, 0.25) is 0 Å². The predicted molar refractivity (Wildman–Crippen MR) is 93.7 cm³/mol. The Balaban J connectivity index is 1.83.